The summed E-state index contributed by atoms with van der Waals surface area (Å²) in [5.41, 5.74) is 0. The van der Waals surface area contributed by atoms with E-state index in [0.717, 1.165) is 19.1 Å². The van der Waals surface area contributed by atoms with Gasteiger partial charge in [-0.3, -0.25) is 4.39 Å². The summed E-state index contributed by atoms with van der Waals surface area (Å²) in [5, 5.41) is 3.28. The molecule has 1 aliphatic carbocycles. The van der Waals surface area contributed by atoms with E-state index < -0.39 is 0 Å². The Bertz CT molecular complexity index is 158. The zero-order valence-corrected chi connectivity index (χ0v) is 10.7. The van der Waals surface area contributed by atoms with Gasteiger partial charge in [0.05, 0.1) is 6.67 Å². The third kappa shape index (κ3) is 5.80. The molecule has 0 radical (unpaired) electrons. The lowest BCUT2D eigenvalue weighted by molar-refractivity contribution is 0.189. The molecule has 0 aromatic heterocycles. The molecule has 1 rings (SSSR count). The van der Waals surface area contributed by atoms with Gasteiger partial charge in [-0.15, -0.1) is 0 Å². The van der Waals surface area contributed by atoms with Crippen molar-refractivity contribution in [3.63, 3.8) is 0 Å². The molecule has 0 amide bonds. The van der Waals surface area contributed by atoms with Gasteiger partial charge in [-0.25, -0.2) is 0 Å². The molecule has 1 aliphatic rings. The molecule has 1 saturated carbocycles. The Hall–Kier alpha value is -0.150. The van der Waals surface area contributed by atoms with Crippen LogP contribution < -0.4 is 5.32 Å². The zero-order chi connectivity index (χ0) is 11.6. The van der Waals surface area contributed by atoms with Crippen LogP contribution in [0.3, 0.4) is 0 Å². The maximum Gasteiger partial charge on any atom is 0.0906 e. The lowest BCUT2D eigenvalue weighted by Gasteiger charge is -2.31. The molecule has 96 valence electrons. The van der Waals surface area contributed by atoms with Crippen molar-refractivity contribution in [1.29, 1.82) is 0 Å². The Balaban J connectivity index is 1.94. The van der Waals surface area contributed by atoms with E-state index in [9.17, 15) is 4.39 Å². The molecule has 16 heavy (non-hydrogen) atoms. The topological polar surface area (TPSA) is 15.3 Å². The Morgan fingerprint density at radius 1 is 1.12 bits per heavy atom. The Kier molecular flexibility index (Phi) is 7.77. The standard InChI is InChI=1S/C13H27FN2/c1-16(13-7-3-2-4-8-13)12-6-11-15-10-5-9-14/h13,15H,2-12H2,1H3. The maximum atomic E-state index is 11.8. The van der Waals surface area contributed by atoms with Gasteiger partial charge in [0.1, 0.15) is 0 Å². The lowest BCUT2D eigenvalue weighted by atomic mass is 9.94. The molecule has 0 aromatic carbocycles. The number of hydrogen-bond donors (Lipinski definition) is 1. The van der Waals surface area contributed by atoms with Crippen LogP contribution in [0.1, 0.15) is 44.9 Å². The van der Waals surface area contributed by atoms with E-state index in [0.29, 0.717) is 6.42 Å². The van der Waals surface area contributed by atoms with E-state index in [1.165, 1.54) is 45.1 Å². The molecule has 2 nitrogen and oxygen atoms in total. The summed E-state index contributed by atoms with van der Waals surface area (Å²) in [5.74, 6) is 0. The fourth-order valence-electron chi connectivity index (χ4n) is 2.47. The molecule has 0 aromatic rings. The van der Waals surface area contributed by atoms with Crippen LogP contribution in [0.2, 0.25) is 0 Å². The number of nitrogens with one attached hydrogen (secondary N) is 1. The molecule has 0 spiro atoms. The zero-order valence-electron chi connectivity index (χ0n) is 10.7. The van der Waals surface area contributed by atoms with Gasteiger partial charge in [0.2, 0.25) is 0 Å². The average Bonchev–Trinajstić information content (AvgIpc) is 2.34. The highest BCUT2D eigenvalue weighted by molar-refractivity contribution is 4.73. The number of nitrogens with zero attached hydrogens (tertiary/aromatic N) is 1. The fraction of sp³-hybridized carbons (Fsp3) is 1.00. The normalized spacial score (nSPS) is 18.2. The quantitative estimate of drug-likeness (QED) is 0.645. The van der Waals surface area contributed by atoms with Gasteiger partial charge in [-0.1, -0.05) is 19.3 Å². The minimum atomic E-state index is -0.199. The molecule has 1 N–H and O–H groups in total. The summed E-state index contributed by atoms with van der Waals surface area (Å²) in [6.45, 7) is 2.82. The summed E-state index contributed by atoms with van der Waals surface area (Å²) < 4.78 is 11.8. The van der Waals surface area contributed by atoms with Crippen molar-refractivity contribution in [2.45, 2.75) is 51.0 Å². The molecule has 0 atom stereocenters. The van der Waals surface area contributed by atoms with E-state index in [1.54, 1.807) is 0 Å². The van der Waals surface area contributed by atoms with Gasteiger partial charge in [0.15, 0.2) is 0 Å². The van der Waals surface area contributed by atoms with Gasteiger partial charge in [0, 0.05) is 6.04 Å². The highest BCUT2D eigenvalue weighted by Crippen LogP contribution is 2.21. The average molecular weight is 230 g/mol. The largest absolute Gasteiger partial charge is 0.317 e. The van der Waals surface area contributed by atoms with Crippen molar-refractivity contribution in [3.05, 3.63) is 0 Å². The van der Waals surface area contributed by atoms with Crippen LogP contribution in [-0.2, 0) is 0 Å². The van der Waals surface area contributed by atoms with Crippen molar-refractivity contribution in [1.82, 2.24) is 10.2 Å². The Morgan fingerprint density at radius 2 is 1.81 bits per heavy atom. The fourth-order valence-corrected chi connectivity index (χ4v) is 2.47. The van der Waals surface area contributed by atoms with E-state index in [1.807, 2.05) is 0 Å². The Morgan fingerprint density at radius 3 is 2.50 bits per heavy atom. The smallest absolute Gasteiger partial charge is 0.0906 e. The second kappa shape index (κ2) is 8.94. The molecule has 3 heteroatoms. The molecule has 0 unspecified atom stereocenters. The molecule has 0 heterocycles. The minimum absolute atomic E-state index is 0.199. The molecule has 1 fully saturated rings. The number of rotatable bonds is 8. The predicted molar refractivity (Wildman–Crippen MR) is 67.6 cm³/mol. The SMILES string of the molecule is CN(CCCNCCCF)C1CCCCC1. The highest BCUT2D eigenvalue weighted by atomic mass is 19.1. The van der Waals surface area contributed by atoms with E-state index in [4.69, 9.17) is 0 Å². The van der Waals surface area contributed by atoms with Gasteiger partial charge in [0.25, 0.3) is 0 Å². The second-order valence-electron chi connectivity index (χ2n) is 4.92. The van der Waals surface area contributed by atoms with Crippen LogP contribution in [0.4, 0.5) is 4.39 Å². The second-order valence-corrected chi connectivity index (χ2v) is 4.92. The first-order chi connectivity index (χ1) is 7.84. The van der Waals surface area contributed by atoms with Crippen LogP contribution in [-0.4, -0.2) is 44.3 Å². The third-order valence-corrected chi connectivity index (χ3v) is 3.55. The minimum Gasteiger partial charge on any atom is -0.317 e. The first-order valence-corrected chi connectivity index (χ1v) is 6.81. The first-order valence-electron chi connectivity index (χ1n) is 6.81. The summed E-state index contributed by atoms with van der Waals surface area (Å²) in [4.78, 5) is 2.51. The first kappa shape index (κ1) is 13.9. The van der Waals surface area contributed by atoms with Crippen molar-refractivity contribution >= 4 is 0 Å². The third-order valence-electron chi connectivity index (χ3n) is 3.55. The van der Waals surface area contributed by atoms with E-state index in [2.05, 4.69) is 17.3 Å². The summed E-state index contributed by atoms with van der Waals surface area (Å²) in [7, 11) is 2.25. The Labute approximate surface area is 99.6 Å². The molecule has 0 saturated heterocycles. The number of halogens is 1. The molecular weight excluding hydrogens is 203 g/mol. The summed E-state index contributed by atoms with van der Waals surface area (Å²) >= 11 is 0. The highest BCUT2D eigenvalue weighted by Gasteiger charge is 2.16. The predicted octanol–water partition coefficient (Wildman–Crippen LogP) is 2.59. The van der Waals surface area contributed by atoms with Crippen molar-refractivity contribution in [2.75, 3.05) is 33.4 Å². The molecular formula is C13H27FN2. The van der Waals surface area contributed by atoms with Crippen molar-refractivity contribution in [3.8, 4) is 0 Å². The van der Waals surface area contributed by atoms with E-state index >= 15 is 0 Å². The van der Waals surface area contributed by atoms with Crippen molar-refractivity contribution in [2.24, 2.45) is 0 Å². The van der Waals surface area contributed by atoms with Gasteiger partial charge < -0.3 is 10.2 Å². The van der Waals surface area contributed by atoms with Gasteiger partial charge in [-0.05, 0) is 52.4 Å². The van der Waals surface area contributed by atoms with Gasteiger partial charge in [-0.2, -0.15) is 0 Å². The number of hydrogen-bond acceptors (Lipinski definition) is 2. The molecule has 0 bridgehead atoms. The summed E-state index contributed by atoms with van der Waals surface area (Å²) in [6.07, 6.45) is 8.83. The summed E-state index contributed by atoms with van der Waals surface area (Å²) in [6, 6.07) is 0.819. The van der Waals surface area contributed by atoms with Crippen LogP contribution in [0.5, 0.6) is 0 Å². The van der Waals surface area contributed by atoms with Crippen LogP contribution >= 0.6 is 0 Å². The maximum absolute atomic E-state index is 11.8. The van der Waals surface area contributed by atoms with E-state index in [-0.39, 0.29) is 6.67 Å². The molecule has 0 aliphatic heterocycles. The lowest BCUT2D eigenvalue weighted by Crippen LogP contribution is -2.35. The van der Waals surface area contributed by atoms with Crippen LogP contribution in [0.25, 0.3) is 0 Å². The van der Waals surface area contributed by atoms with Gasteiger partial charge >= 0.3 is 0 Å². The van der Waals surface area contributed by atoms with Crippen LogP contribution in [0.15, 0.2) is 0 Å². The monoisotopic (exact) mass is 230 g/mol. The number of alkyl halides is 1. The van der Waals surface area contributed by atoms with Crippen molar-refractivity contribution < 1.29 is 4.39 Å². The van der Waals surface area contributed by atoms with Crippen LogP contribution in [0, 0.1) is 0 Å².